The maximum absolute atomic E-state index is 12.3. The predicted octanol–water partition coefficient (Wildman–Crippen LogP) is 3.22. The topological polar surface area (TPSA) is 25.8 Å². The lowest BCUT2D eigenvalue weighted by molar-refractivity contribution is -0.134. The quantitative estimate of drug-likeness (QED) is 0.751. The van der Waals surface area contributed by atoms with Crippen LogP contribution in [-0.2, 0) is 6.18 Å². The van der Waals surface area contributed by atoms with Gasteiger partial charge < -0.3 is 0 Å². The smallest absolute Gasteiger partial charge is 0.264 e. The monoisotopic (exact) mass is 230 g/mol. The maximum Gasteiger partial charge on any atom is 0.427 e. The largest absolute Gasteiger partial charge is 0.427 e. The Kier molecular flexibility index (Phi) is 2.44. The van der Waals surface area contributed by atoms with Gasteiger partial charge in [-0.1, -0.05) is 0 Å². The summed E-state index contributed by atoms with van der Waals surface area (Å²) >= 11 is 0.617. The van der Waals surface area contributed by atoms with Gasteiger partial charge in [0, 0.05) is 18.0 Å². The van der Waals surface area contributed by atoms with Crippen LogP contribution in [0, 0.1) is 0 Å². The molecule has 6 heteroatoms. The van der Waals surface area contributed by atoms with Crippen molar-refractivity contribution in [1.29, 1.82) is 0 Å². The number of aromatic nitrogens is 2. The molecule has 0 spiro atoms. The van der Waals surface area contributed by atoms with Crippen molar-refractivity contribution >= 4 is 11.3 Å². The second-order valence-electron chi connectivity index (χ2n) is 2.77. The summed E-state index contributed by atoms with van der Waals surface area (Å²) in [6.07, 6.45) is -0.439. The van der Waals surface area contributed by atoms with Crippen LogP contribution in [0.3, 0.4) is 0 Å². The first kappa shape index (κ1) is 10.1. The van der Waals surface area contributed by atoms with E-state index in [2.05, 4.69) is 9.97 Å². The summed E-state index contributed by atoms with van der Waals surface area (Å²) in [6, 6.07) is 3.33. The molecule has 0 aliphatic rings. The first-order valence-corrected chi connectivity index (χ1v) is 4.82. The third-order valence-corrected chi connectivity index (χ3v) is 2.78. The standard InChI is InChI=1S/C9H5F3N2S/c10-9(11,12)7-5-14-8(15-7)6-2-1-3-13-4-6/h1-5H. The summed E-state index contributed by atoms with van der Waals surface area (Å²) in [6.45, 7) is 0. The number of halogens is 3. The molecule has 0 saturated heterocycles. The van der Waals surface area contributed by atoms with Gasteiger partial charge in [0.25, 0.3) is 0 Å². The molecule has 0 saturated carbocycles. The molecule has 0 unspecified atom stereocenters. The Labute approximate surface area is 87.4 Å². The van der Waals surface area contributed by atoms with Crippen molar-refractivity contribution in [3.05, 3.63) is 35.6 Å². The number of rotatable bonds is 1. The molecule has 0 aliphatic carbocycles. The highest BCUT2D eigenvalue weighted by molar-refractivity contribution is 7.15. The molecule has 0 fully saturated rings. The SMILES string of the molecule is FC(F)(F)c1cnc(-c2cccnc2)s1. The van der Waals surface area contributed by atoms with E-state index in [1.807, 2.05) is 0 Å². The van der Waals surface area contributed by atoms with Crippen LogP contribution in [0.4, 0.5) is 13.2 Å². The Morgan fingerprint density at radius 2 is 2.00 bits per heavy atom. The minimum absolute atomic E-state index is 0.329. The molecule has 2 nitrogen and oxygen atoms in total. The highest BCUT2D eigenvalue weighted by atomic mass is 32.1. The van der Waals surface area contributed by atoms with Gasteiger partial charge in [-0.15, -0.1) is 11.3 Å². The molecule has 0 aliphatic heterocycles. The summed E-state index contributed by atoms with van der Waals surface area (Å²) in [5, 5.41) is 0.329. The summed E-state index contributed by atoms with van der Waals surface area (Å²) in [7, 11) is 0. The van der Waals surface area contributed by atoms with E-state index in [4.69, 9.17) is 0 Å². The van der Waals surface area contributed by atoms with Gasteiger partial charge in [0.1, 0.15) is 9.88 Å². The van der Waals surface area contributed by atoms with Gasteiger partial charge >= 0.3 is 6.18 Å². The van der Waals surface area contributed by atoms with Crippen LogP contribution in [0.1, 0.15) is 4.88 Å². The molecule has 0 amide bonds. The highest BCUT2D eigenvalue weighted by Crippen LogP contribution is 2.36. The van der Waals surface area contributed by atoms with E-state index in [1.54, 1.807) is 18.3 Å². The zero-order chi connectivity index (χ0) is 10.9. The molecule has 0 radical (unpaired) electrons. The normalized spacial score (nSPS) is 11.7. The van der Waals surface area contributed by atoms with Gasteiger partial charge in [-0.2, -0.15) is 13.2 Å². The zero-order valence-corrected chi connectivity index (χ0v) is 8.14. The lowest BCUT2D eigenvalue weighted by atomic mass is 10.3. The lowest BCUT2D eigenvalue weighted by Crippen LogP contribution is -2.00. The van der Waals surface area contributed by atoms with Crippen molar-refractivity contribution in [3.8, 4) is 10.6 Å². The van der Waals surface area contributed by atoms with Gasteiger partial charge in [-0.3, -0.25) is 4.98 Å². The van der Waals surface area contributed by atoms with E-state index >= 15 is 0 Å². The molecule has 2 rings (SSSR count). The molecule has 2 aromatic heterocycles. The van der Waals surface area contributed by atoms with Gasteiger partial charge in [0.05, 0.1) is 6.20 Å². The maximum atomic E-state index is 12.3. The van der Waals surface area contributed by atoms with Gasteiger partial charge in [-0.25, -0.2) is 4.98 Å². The number of pyridine rings is 1. The molecule has 2 aromatic rings. The Morgan fingerprint density at radius 1 is 1.20 bits per heavy atom. The van der Waals surface area contributed by atoms with Gasteiger partial charge in [-0.05, 0) is 12.1 Å². The fourth-order valence-electron chi connectivity index (χ4n) is 1.03. The Morgan fingerprint density at radius 3 is 2.53 bits per heavy atom. The van der Waals surface area contributed by atoms with Crippen LogP contribution >= 0.6 is 11.3 Å². The second kappa shape index (κ2) is 3.62. The number of hydrogen-bond donors (Lipinski definition) is 0. The van der Waals surface area contributed by atoms with E-state index in [-0.39, 0.29) is 0 Å². The minimum Gasteiger partial charge on any atom is -0.264 e. The van der Waals surface area contributed by atoms with Crippen molar-refractivity contribution < 1.29 is 13.2 Å². The first-order valence-electron chi connectivity index (χ1n) is 4.01. The molecule has 0 atom stereocenters. The third-order valence-electron chi connectivity index (χ3n) is 1.69. The van der Waals surface area contributed by atoms with E-state index in [0.29, 0.717) is 21.9 Å². The van der Waals surface area contributed by atoms with Crippen molar-refractivity contribution in [3.63, 3.8) is 0 Å². The molecular formula is C9H5F3N2S. The molecule has 2 heterocycles. The minimum atomic E-state index is -4.32. The Hall–Kier alpha value is -1.43. The van der Waals surface area contributed by atoms with Crippen molar-refractivity contribution in [1.82, 2.24) is 9.97 Å². The third kappa shape index (κ3) is 2.15. The van der Waals surface area contributed by atoms with Crippen LogP contribution in [-0.4, -0.2) is 9.97 Å². The second-order valence-corrected chi connectivity index (χ2v) is 3.80. The van der Waals surface area contributed by atoms with Crippen molar-refractivity contribution in [2.24, 2.45) is 0 Å². The fourth-order valence-corrected chi connectivity index (χ4v) is 1.80. The lowest BCUT2D eigenvalue weighted by Gasteiger charge is -1.99. The summed E-state index contributed by atoms with van der Waals surface area (Å²) in [4.78, 5) is 6.84. The molecule has 0 aromatic carbocycles. The number of nitrogens with zero attached hydrogens (tertiary/aromatic N) is 2. The average molecular weight is 230 g/mol. The van der Waals surface area contributed by atoms with E-state index in [0.717, 1.165) is 6.20 Å². The Balaban J connectivity index is 2.37. The van der Waals surface area contributed by atoms with Crippen LogP contribution in [0.25, 0.3) is 10.6 Å². The van der Waals surface area contributed by atoms with Crippen LogP contribution in [0.5, 0.6) is 0 Å². The molecular weight excluding hydrogens is 225 g/mol. The predicted molar refractivity (Wildman–Crippen MR) is 50.3 cm³/mol. The number of thiazole rings is 1. The van der Waals surface area contributed by atoms with Gasteiger partial charge in [0.15, 0.2) is 0 Å². The van der Waals surface area contributed by atoms with Crippen LogP contribution in [0.2, 0.25) is 0 Å². The molecule has 0 N–H and O–H groups in total. The van der Waals surface area contributed by atoms with Crippen LogP contribution < -0.4 is 0 Å². The van der Waals surface area contributed by atoms with E-state index in [9.17, 15) is 13.2 Å². The fraction of sp³-hybridized carbons (Fsp3) is 0.111. The van der Waals surface area contributed by atoms with Gasteiger partial charge in [0.2, 0.25) is 0 Å². The van der Waals surface area contributed by atoms with E-state index < -0.39 is 11.1 Å². The zero-order valence-electron chi connectivity index (χ0n) is 7.32. The molecule has 15 heavy (non-hydrogen) atoms. The van der Waals surface area contributed by atoms with Crippen LogP contribution in [0.15, 0.2) is 30.7 Å². The number of hydrogen-bond acceptors (Lipinski definition) is 3. The molecule has 78 valence electrons. The first-order chi connectivity index (χ1) is 7.07. The van der Waals surface area contributed by atoms with E-state index in [1.165, 1.54) is 6.20 Å². The van der Waals surface area contributed by atoms with Crippen molar-refractivity contribution in [2.45, 2.75) is 6.18 Å². The Bertz CT molecular complexity index is 450. The summed E-state index contributed by atoms with van der Waals surface area (Å²) < 4.78 is 36.8. The number of alkyl halides is 3. The average Bonchev–Trinajstić information content (AvgIpc) is 2.67. The molecule has 0 bridgehead atoms. The summed E-state index contributed by atoms with van der Waals surface area (Å²) in [5.74, 6) is 0. The highest BCUT2D eigenvalue weighted by Gasteiger charge is 2.33. The summed E-state index contributed by atoms with van der Waals surface area (Å²) in [5.41, 5.74) is 0.595. The van der Waals surface area contributed by atoms with Crippen molar-refractivity contribution in [2.75, 3.05) is 0 Å².